The number of hydrogen-bond donors (Lipinski definition) is 1. The van der Waals surface area contributed by atoms with Crippen molar-refractivity contribution in [2.24, 2.45) is 0 Å². The first-order valence-corrected chi connectivity index (χ1v) is 13.6. The predicted molar refractivity (Wildman–Crippen MR) is 144 cm³/mol. The molecule has 5 rings (SSSR count). The topological polar surface area (TPSA) is 54.5 Å². The Hall–Kier alpha value is -3.14. The van der Waals surface area contributed by atoms with E-state index < -0.39 is 5.54 Å². The fraction of sp³-hybridized carbons (Fsp3) is 0.379. The van der Waals surface area contributed by atoms with E-state index in [-0.39, 0.29) is 11.6 Å². The van der Waals surface area contributed by atoms with Gasteiger partial charge in [-0.3, -0.25) is 9.78 Å². The van der Waals surface area contributed by atoms with E-state index in [1.54, 1.807) is 0 Å². The Labute approximate surface area is 210 Å². The highest BCUT2D eigenvalue weighted by atomic mass is 28.1. The van der Waals surface area contributed by atoms with Crippen molar-refractivity contribution in [3.05, 3.63) is 70.4 Å². The lowest BCUT2D eigenvalue weighted by Crippen LogP contribution is -2.53. The second-order valence-electron chi connectivity index (χ2n) is 10.1. The van der Waals surface area contributed by atoms with Crippen LogP contribution in [0.1, 0.15) is 58.9 Å². The molecule has 2 heterocycles. The summed E-state index contributed by atoms with van der Waals surface area (Å²) in [6, 6.07) is 14.7. The Morgan fingerprint density at radius 3 is 2.69 bits per heavy atom. The van der Waals surface area contributed by atoms with Crippen LogP contribution in [-0.4, -0.2) is 51.4 Å². The molecule has 2 fully saturated rings. The van der Waals surface area contributed by atoms with E-state index in [1.807, 2.05) is 51.1 Å². The number of aryl methyl sites for hydroxylation is 2. The van der Waals surface area contributed by atoms with Crippen LogP contribution in [0.4, 0.5) is 0 Å². The van der Waals surface area contributed by atoms with E-state index in [9.17, 15) is 4.79 Å². The summed E-state index contributed by atoms with van der Waals surface area (Å²) >= 11 is 0. The minimum absolute atomic E-state index is 0.0590. The van der Waals surface area contributed by atoms with Crippen LogP contribution in [0.15, 0.2) is 42.5 Å². The SMILES string of the molecule is CC#Cc1cc(C2(NC(=O)c3cc(O[C@@H]([SiH3])[C@@H]4CCN4C)ccc3C)CC2)c2ccc(C)nc2c1. The van der Waals surface area contributed by atoms with Crippen LogP contribution in [0.5, 0.6) is 5.75 Å². The molecule has 0 bridgehead atoms. The van der Waals surface area contributed by atoms with E-state index in [2.05, 4.69) is 41.2 Å². The van der Waals surface area contributed by atoms with Gasteiger partial charge in [-0.25, -0.2) is 0 Å². The van der Waals surface area contributed by atoms with Gasteiger partial charge in [0, 0.05) is 28.2 Å². The quantitative estimate of drug-likeness (QED) is 0.431. The first kappa shape index (κ1) is 23.6. The Kier molecular flexibility index (Phi) is 6.16. The minimum atomic E-state index is -0.393. The molecule has 35 heavy (non-hydrogen) atoms. The number of carbonyl (C=O) groups is 1. The molecule has 1 amide bonds. The summed E-state index contributed by atoms with van der Waals surface area (Å²) < 4.78 is 6.29. The molecule has 0 spiro atoms. The van der Waals surface area contributed by atoms with Gasteiger partial charge in [0.15, 0.2) is 0 Å². The van der Waals surface area contributed by atoms with Crippen LogP contribution in [0.3, 0.4) is 0 Å². The minimum Gasteiger partial charge on any atom is -0.494 e. The van der Waals surface area contributed by atoms with Gasteiger partial charge < -0.3 is 15.0 Å². The van der Waals surface area contributed by atoms with Gasteiger partial charge in [0.05, 0.1) is 27.0 Å². The number of pyridine rings is 1. The first-order chi connectivity index (χ1) is 16.8. The van der Waals surface area contributed by atoms with E-state index in [1.165, 1.54) is 6.42 Å². The number of amides is 1. The lowest BCUT2D eigenvalue weighted by Gasteiger charge is -2.41. The van der Waals surface area contributed by atoms with Crippen molar-refractivity contribution in [2.45, 2.75) is 57.3 Å². The average Bonchev–Trinajstić information content (AvgIpc) is 3.59. The fourth-order valence-corrected chi connectivity index (χ4v) is 6.28. The van der Waals surface area contributed by atoms with Crippen molar-refractivity contribution in [1.29, 1.82) is 0 Å². The van der Waals surface area contributed by atoms with Gasteiger partial charge in [0.2, 0.25) is 0 Å². The predicted octanol–water partition coefficient (Wildman–Crippen LogP) is 3.42. The number of fused-ring (bicyclic) bond motifs is 1. The summed E-state index contributed by atoms with van der Waals surface area (Å²) in [6.07, 6.45) is 2.98. The van der Waals surface area contributed by atoms with E-state index in [0.29, 0.717) is 11.6 Å². The number of carbonyl (C=O) groups excluding carboxylic acids is 1. The number of likely N-dealkylation sites (tertiary alicyclic amines) is 1. The molecule has 1 saturated heterocycles. The largest absolute Gasteiger partial charge is 0.494 e. The van der Waals surface area contributed by atoms with Crippen LogP contribution in [0.2, 0.25) is 0 Å². The molecule has 1 aromatic heterocycles. The van der Waals surface area contributed by atoms with Crippen molar-refractivity contribution >= 4 is 27.1 Å². The van der Waals surface area contributed by atoms with Gasteiger partial charge in [-0.1, -0.05) is 18.1 Å². The molecule has 1 aliphatic carbocycles. The Morgan fingerprint density at radius 1 is 1.23 bits per heavy atom. The van der Waals surface area contributed by atoms with Gasteiger partial charge >= 0.3 is 0 Å². The normalized spacial score (nSPS) is 19.4. The lowest BCUT2D eigenvalue weighted by molar-refractivity contribution is 0.0562. The standard InChI is InChI=1S/C29H33N3O2Si/c1-5-6-20-15-24(22-10-8-19(3)30-25(22)16-20)29(12-13-29)31-27(33)23-17-21(9-7-18(23)2)34-28(35)26-11-14-32(26)4/h7-10,15-17,26,28H,11-14H2,1-4,35H3,(H,31,33)/t26-,28-/m0/s1. The lowest BCUT2D eigenvalue weighted by atomic mass is 9.95. The number of nitrogens with one attached hydrogen (secondary N) is 1. The van der Waals surface area contributed by atoms with Crippen molar-refractivity contribution < 1.29 is 9.53 Å². The van der Waals surface area contributed by atoms with Crippen molar-refractivity contribution in [2.75, 3.05) is 13.6 Å². The number of rotatable bonds is 6. The van der Waals surface area contributed by atoms with Crippen LogP contribution in [-0.2, 0) is 5.54 Å². The maximum Gasteiger partial charge on any atom is 0.252 e. The summed E-state index contributed by atoms with van der Waals surface area (Å²) in [5.74, 6) is 6.89. The molecule has 1 N–H and O–H groups in total. The molecule has 2 atom stereocenters. The number of ether oxygens (including phenoxy) is 1. The molecule has 5 nitrogen and oxygen atoms in total. The third kappa shape index (κ3) is 4.59. The summed E-state index contributed by atoms with van der Waals surface area (Å²) in [6.45, 7) is 6.95. The Morgan fingerprint density at radius 2 is 2.03 bits per heavy atom. The first-order valence-electron chi connectivity index (χ1n) is 12.4. The third-order valence-corrected chi connectivity index (χ3v) is 8.50. The third-order valence-electron chi connectivity index (χ3n) is 7.50. The van der Waals surface area contributed by atoms with Crippen LogP contribution < -0.4 is 10.1 Å². The smallest absolute Gasteiger partial charge is 0.252 e. The van der Waals surface area contributed by atoms with Gasteiger partial charge in [-0.15, -0.1) is 5.92 Å². The molecule has 3 aromatic rings. The molecule has 2 aliphatic rings. The molecule has 0 radical (unpaired) electrons. The number of benzene rings is 2. The Balaban J connectivity index is 1.43. The monoisotopic (exact) mass is 483 g/mol. The highest BCUT2D eigenvalue weighted by Crippen LogP contribution is 2.48. The highest BCUT2D eigenvalue weighted by molar-refractivity contribution is 6.11. The van der Waals surface area contributed by atoms with Gasteiger partial charge in [0.1, 0.15) is 5.75 Å². The maximum atomic E-state index is 13.6. The second kappa shape index (κ2) is 9.14. The van der Waals surface area contributed by atoms with Crippen molar-refractivity contribution in [1.82, 2.24) is 15.2 Å². The molecule has 6 heteroatoms. The second-order valence-corrected chi connectivity index (χ2v) is 11.2. The van der Waals surface area contributed by atoms with Gasteiger partial charge in [-0.05, 0) is 95.1 Å². The highest BCUT2D eigenvalue weighted by Gasteiger charge is 2.47. The molecule has 0 unspecified atom stereocenters. The zero-order valence-corrected chi connectivity index (χ0v) is 23.2. The molecule has 1 saturated carbocycles. The van der Waals surface area contributed by atoms with Crippen LogP contribution >= 0.6 is 0 Å². The van der Waals surface area contributed by atoms with Crippen LogP contribution in [0, 0.1) is 25.7 Å². The van der Waals surface area contributed by atoms with Gasteiger partial charge in [0.25, 0.3) is 5.91 Å². The number of nitrogens with zero attached hydrogens (tertiary/aromatic N) is 2. The summed E-state index contributed by atoms with van der Waals surface area (Å²) in [4.78, 5) is 20.7. The number of aromatic nitrogens is 1. The molecule has 1 aliphatic heterocycles. The Bertz CT molecular complexity index is 1370. The van der Waals surface area contributed by atoms with E-state index >= 15 is 0 Å². The van der Waals surface area contributed by atoms with Crippen molar-refractivity contribution in [3.8, 4) is 17.6 Å². The zero-order valence-electron chi connectivity index (χ0n) is 21.2. The molecule has 2 aromatic carbocycles. The summed E-state index contributed by atoms with van der Waals surface area (Å²) in [5.41, 5.74) is 5.37. The molecular formula is C29H33N3O2Si. The van der Waals surface area contributed by atoms with Crippen molar-refractivity contribution in [3.63, 3.8) is 0 Å². The number of hydrogen-bond acceptors (Lipinski definition) is 4. The average molecular weight is 484 g/mol. The number of likely N-dealkylation sites (N-methyl/N-ethyl adjacent to an activating group) is 1. The molecule has 180 valence electrons. The van der Waals surface area contributed by atoms with Gasteiger partial charge in [-0.2, -0.15) is 0 Å². The summed E-state index contributed by atoms with van der Waals surface area (Å²) in [7, 11) is 3.09. The molecular weight excluding hydrogens is 450 g/mol. The zero-order chi connectivity index (χ0) is 24.7. The van der Waals surface area contributed by atoms with Crippen LogP contribution in [0.25, 0.3) is 10.9 Å². The van der Waals surface area contributed by atoms with E-state index in [4.69, 9.17) is 9.72 Å². The van der Waals surface area contributed by atoms with E-state index in [0.717, 1.165) is 68.7 Å². The fourth-order valence-electron chi connectivity index (χ4n) is 5.16. The summed E-state index contributed by atoms with van der Waals surface area (Å²) in [5, 5.41) is 4.46. The maximum absolute atomic E-state index is 13.6.